The van der Waals surface area contributed by atoms with E-state index in [0.29, 0.717) is 31.1 Å². The molecule has 0 radical (unpaired) electrons. The number of hydrogen-bond acceptors (Lipinski definition) is 4. The predicted molar refractivity (Wildman–Crippen MR) is 152 cm³/mol. The molecule has 3 N–H and O–H groups in total. The van der Waals surface area contributed by atoms with Gasteiger partial charge in [0.1, 0.15) is 6.61 Å². The van der Waals surface area contributed by atoms with Gasteiger partial charge in [-0.25, -0.2) is 0 Å². The number of hydrogen-bond donors (Lipinski definition) is 3. The van der Waals surface area contributed by atoms with Gasteiger partial charge in [0, 0.05) is 17.5 Å². The van der Waals surface area contributed by atoms with Gasteiger partial charge >= 0.3 is 7.60 Å². The first-order valence-electron chi connectivity index (χ1n) is 12.4. The van der Waals surface area contributed by atoms with Crippen LogP contribution in [-0.4, -0.2) is 34.8 Å². The predicted octanol–water partition coefficient (Wildman–Crippen LogP) is 6.38. The molecule has 1 atom stereocenters. The molecule has 0 saturated carbocycles. The topological polar surface area (TPSA) is 91.2 Å². The normalized spacial score (nSPS) is 13.0. The molecular formula is C29H36ClN2O4P. The molecule has 0 saturated heterocycles. The summed E-state index contributed by atoms with van der Waals surface area (Å²) in [4.78, 5) is 23.7. The molecule has 0 aliphatic carbocycles. The third-order valence-corrected chi connectivity index (χ3v) is 7.49. The Labute approximate surface area is 224 Å². The molecule has 0 amide bonds. The van der Waals surface area contributed by atoms with Crippen molar-refractivity contribution in [3.05, 3.63) is 105 Å². The minimum absolute atomic E-state index is 0.0998. The van der Waals surface area contributed by atoms with Gasteiger partial charge in [-0.2, -0.15) is 0 Å². The fraction of sp³-hybridized carbons (Fsp3) is 0.345. The summed E-state index contributed by atoms with van der Waals surface area (Å²) in [5.41, 5.74) is 7.77. The van der Waals surface area contributed by atoms with Crippen molar-refractivity contribution in [2.75, 3.05) is 19.3 Å². The van der Waals surface area contributed by atoms with Gasteiger partial charge in [0.15, 0.2) is 0 Å². The highest BCUT2D eigenvalue weighted by atomic mass is 35.5. The summed E-state index contributed by atoms with van der Waals surface area (Å²) in [6.07, 6.45) is 1.16. The molecule has 1 unspecified atom stereocenters. The van der Waals surface area contributed by atoms with Crippen LogP contribution < -0.4 is 5.32 Å². The molecule has 3 aromatic carbocycles. The fourth-order valence-electron chi connectivity index (χ4n) is 4.03. The van der Waals surface area contributed by atoms with E-state index in [9.17, 15) is 4.57 Å². The molecule has 37 heavy (non-hydrogen) atoms. The van der Waals surface area contributed by atoms with Crippen molar-refractivity contribution >= 4 is 24.9 Å². The number of nitrogens with zero attached hydrogens (tertiary/aromatic N) is 1. The SMILES string of the molecule is CC(=NOCC(Cc1ccc(C)c(C)c1)c1cccc(Cl)c1)c1ccc(CNCCCP(=O)(O)O)cc1. The second-order valence-corrected chi connectivity index (χ2v) is 11.7. The number of nitrogens with one attached hydrogen (secondary N) is 1. The van der Waals surface area contributed by atoms with E-state index in [4.69, 9.17) is 26.2 Å². The molecule has 0 bridgehead atoms. The summed E-state index contributed by atoms with van der Waals surface area (Å²) >= 11 is 6.28. The molecular weight excluding hydrogens is 507 g/mol. The monoisotopic (exact) mass is 542 g/mol. The largest absolute Gasteiger partial charge is 0.395 e. The first-order chi connectivity index (χ1) is 17.6. The summed E-state index contributed by atoms with van der Waals surface area (Å²) in [5, 5.41) is 8.30. The van der Waals surface area contributed by atoms with Crippen LogP contribution in [0.25, 0.3) is 0 Å². The van der Waals surface area contributed by atoms with E-state index < -0.39 is 7.60 Å². The molecule has 0 fully saturated rings. The Morgan fingerprint density at radius 1 is 1.03 bits per heavy atom. The van der Waals surface area contributed by atoms with Crippen molar-refractivity contribution in [3.8, 4) is 0 Å². The number of halogens is 1. The van der Waals surface area contributed by atoms with Crippen LogP contribution in [0, 0.1) is 13.8 Å². The van der Waals surface area contributed by atoms with Crippen LogP contribution >= 0.6 is 19.2 Å². The first-order valence-corrected chi connectivity index (χ1v) is 14.6. The van der Waals surface area contributed by atoms with E-state index in [0.717, 1.165) is 28.8 Å². The molecule has 0 aromatic heterocycles. The molecule has 0 aliphatic heterocycles. The number of benzene rings is 3. The van der Waals surface area contributed by atoms with Gasteiger partial charge in [-0.15, -0.1) is 0 Å². The zero-order valence-corrected chi connectivity index (χ0v) is 23.3. The minimum atomic E-state index is -3.92. The number of oxime groups is 1. The van der Waals surface area contributed by atoms with E-state index >= 15 is 0 Å². The lowest BCUT2D eigenvalue weighted by Gasteiger charge is -2.18. The standard InChI is InChI=1S/C29H36ClN2O4P/c1-21-8-9-25(16-22(21)2)17-28(27-6-4-7-29(30)18-27)20-36-32-23(3)26-12-10-24(11-13-26)19-31-14-5-15-37(33,34)35/h4,6-13,16,18,28,31H,5,14-15,17,19-20H2,1-3H3,(H2,33,34,35). The van der Waals surface area contributed by atoms with Gasteiger partial charge in [0.25, 0.3) is 0 Å². The van der Waals surface area contributed by atoms with Gasteiger partial charge in [-0.1, -0.05) is 71.4 Å². The van der Waals surface area contributed by atoms with E-state index in [1.165, 1.54) is 16.7 Å². The molecule has 8 heteroatoms. The van der Waals surface area contributed by atoms with Crippen LogP contribution in [0.2, 0.25) is 5.02 Å². The number of rotatable bonds is 13. The molecule has 6 nitrogen and oxygen atoms in total. The van der Waals surface area contributed by atoms with E-state index in [1.54, 1.807) is 0 Å². The third-order valence-electron chi connectivity index (χ3n) is 6.35. The molecule has 198 valence electrons. The van der Waals surface area contributed by atoms with E-state index in [1.807, 2.05) is 49.4 Å². The molecule has 0 heterocycles. The Hall–Kier alpha value is -2.47. The molecule has 0 aliphatic rings. The van der Waals surface area contributed by atoms with Crippen molar-refractivity contribution in [1.29, 1.82) is 0 Å². The van der Waals surface area contributed by atoms with Gasteiger partial charge in [0.05, 0.1) is 11.9 Å². The Morgan fingerprint density at radius 2 is 1.76 bits per heavy atom. The van der Waals surface area contributed by atoms with Gasteiger partial charge in [-0.05, 0) is 85.7 Å². The molecule has 0 spiro atoms. The Bertz CT molecular complexity index is 1240. The van der Waals surface area contributed by atoms with Crippen LogP contribution in [-0.2, 0) is 22.4 Å². The Balaban J connectivity index is 1.58. The van der Waals surface area contributed by atoms with Crippen LogP contribution in [0.3, 0.4) is 0 Å². The van der Waals surface area contributed by atoms with Crippen LogP contribution in [0.15, 0.2) is 71.9 Å². The van der Waals surface area contributed by atoms with Crippen molar-refractivity contribution in [2.45, 2.75) is 46.1 Å². The number of aryl methyl sites for hydroxylation is 2. The molecule has 3 rings (SSSR count). The van der Waals surface area contributed by atoms with E-state index in [-0.39, 0.29) is 12.1 Å². The minimum Gasteiger partial charge on any atom is -0.395 e. The quantitative estimate of drug-likeness (QED) is 0.101. The zero-order valence-electron chi connectivity index (χ0n) is 21.7. The summed E-state index contributed by atoms with van der Waals surface area (Å²) < 4.78 is 10.9. The molecule has 3 aromatic rings. The maximum absolute atomic E-state index is 10.9. The highest BCUT2D eigenvalue weighted by molar-refractivity contribution is 7.51. The van der Waals surface area contributed by atoms with Gasteiger partial charge in [0.2, 0.25) is 0 Å². The van der Waals surface area contributed by atoms with Crippen LogP contribution in [0.1, 0.15) is 52.6 Å². The second kappa shape index (κ2) is 13.9. The smallest absolute Gasteiger partial charge is 0.325 e. The maximum atomic E-state index is 10.9. The lowest BCUT2D eigenvalue weighted by Crippen LogP contribution is -2.15. The van der Waals surface area contributed by atoms with Gasteiger partial charge in [-0.3, -0.25) is 4.57 Å². The summed E-state index contributed by atoms with van der Waals surface area (Å²) in [5.74, 6) is 0.108. The zero-order chi connectivity index (χ0) is 26.8. The first kappa shape index (κ1) is 29.1. The summed E-state index contributed by atoms with van der Waals surface area (Å²) in [6, 6.07) is 22.5. The maximum Gasteiger partial charge on any atom is 0.325 e. The van der Waals surface area contributed by atoms with Crippen LogP contribution in [0.4, 0.5) is 0 Å². The highest BCUT2D eigenvalue weighted by Crippen LogP contribution is 2.34. The van der Waals surface area contributed by atoms with Crippen molar-refractivity contribution in [1.82, 2.24) is 5.32 Å². The highest BCUT2D eigenvalue weighted by Gasteiger charge is 2.15. The summed E-state index contributed by atoms with van der Waals surface area (Å²) in [6.45, 7) is 7.79. The van der Waals surface area contributed by atoms with Gasteiger partial charge < -0.3 is 19.9 Å². The average molecular weight is 543 g/mol. The van der Waals surface area contributed by atoms with Crippen molar-refractivity contribution in [2.24, 2.45) is 5.16 Å². The lowest BCUT2D eigenvalue weighted by molar-refractivity contribution is 0.128. The Morgan fingerprint density at radius 3 is 2.43 bits per heavy atom. The van der Waals surface area contributed by atoms with Crippen molar-refractivity contribution in [3.63, 3.8) is 0 Å². The Kier molecular flexibility index (Phi) is 10.9. The van der Waals surface area contributed by atoms with Crippen LogP contribution in [0.5, 0.6) is 0 Å². The second-order valence-electron chi connectivity index (χ2n) is 9.46. The fourth-order valence-corrected chi connectivity index (χ4v) is 4.80. The average Bonchev–Trinajstić information content (AvgIpc) is 2.85. The summed E-state index contributed by atoms with van der Waals surface area (Å²) in [7, 11) is -3.92. The van der Waals surface area contributed by atoms with E-state index in [2.05, 4.69) is 48.6 Å². The third kappa shape index (κ3) is 10.1. The van der Waals surface area contributed by atoms with Crippen molar-refractivity contribution < 1.29 is 19.2 Å². The lowest BCUT2D eigenvalue weighted by atomic mass is 9.91.